The first-order chi connectivity index (χ1) is 13.9. The Hall–Kier alpha value is -2.82. The number of hydrogen-bond donors (Lipinski definition) is 0. The van der Waals surface area contributed by atoms with Crippen molar-refractivity contribution in [2.24, 2.45) is 0 Å². The van der Waals surface area contributed by atoms with Crippen molar-refractivity contribution in [2.75, 3.05) is 14.1 Å². The summed E-state index contributed by atoms with van der Waals surface area (Å²) in [6, 6.07) is 14.6. The van der Waals surface area contributed by atoms with E-state index >= 15 is 0 Å². The summed E-state index contributed by atoms with van der Waals surface area (Å²) < 4.78 is 26.0. The fourth-order valence-corrected chi connectivity index (χ4v) is 4.63. The van der Waals surface area contributed by atoms with Crippen molar-refractivity contribution in [1.82, 2.24) is 24.4 Å². The lowest BCUT2D eigenvalue weighted by Crippen LogP contribution is -2.22. The van der Waals surface area contributed by atoms with Crippen molar-refractivity contribution in [2.45, 2.75) is 18.4 Å². The number of nitrogens with zero attached hydrogens (tertiary/aromatic N) is 5. The molecule has 0 bridgehead atoms. The van der Waals surface area contributed by atoms with Crippen molar-refractivity contribution < 1.29 is 13.3 Å². The number of fused-ring (bicyclic) bond motifs is 1. The number of sulfonamides is 1. The van der Waals surface area contributed by atoms with Crippen LogP contribution >= 0.6 is 11.3 Å². The Kier molecular flexibility index (Phi) is 5.07. The van der Waals surface area contributed by atoms with E-state index < -0.39 is 10.0 Å². The summed E-state index contributed by atoms with van der Waals surface area (Å²) in [5.74, 6) is 0. The molecule has 4 rings (SSSR count). The fourth-order valence-electron chi connectivity index (χ4n) is 2.73. The first-order valence-corrected chi connectivity index (χ1v) is 11.0. The molecule has 0 fully saturated rings. The van der Waals surface area contributed by atoms with Crippen molar-refractivity contribution in [3.8, 4) is 10.6 Å². The summed E-state index contributed by atoms with van der Waals surface area (Å²) >= 11 is 1.55. The molecule has 0 saturated heterocycles. The lowest BCUT2D eigenvalue weighted by Gasteiger charge is -2.11. The SMILES string of the molecule is Cc1nc(-c2ccccc2)sc1COn1nnc2ccc(S(=O)(=O)N(C)C)cc21. The van der Waals surface area contributed by atoms with Crippen LogP contribution in [0.4, 0.5) is 0 Å². The second-order valence-corrected chi connectivity index (χ2v) is 9.80. The first-order valence-electron chi connectivity index (χ1n) is 8.79. The second-order valence-electron chi connectivity index (χ2n) is 6.57. The van der Waals surface area contributed by atoms with Crippen LogP contribution in [0.1, 0.15) is 10.6 Å². The number of benzene rings is 2. The molecule has 0 spiro atoms. The normalized spacial score (nSPS) is 12.0. The predicted octanol–water partition coefficient (Wildman–Crippen LogP) is 2.74. The lowest BCUT2D eigenvalue weighted by molar-refractivity contribution is 0.0764. The second kappa shape index (κ2) is 7.54. The average molecular weight is 430 g/mol. The summed E-state index contributed by atoms with van der Waals surface area (Å²) in [7, 11) is -0.586. The van der Waals surface area contributed by atoms with Gasteiger partial charge in [0.15, 0.2) is 6.61 Å². The van der Waals surface area contributed by atoms with E-state index in [1.54, 1.807) is 17.4 Å². The van der Waals surface area contributed by atoms with Crippen LogP contribution in [0, 0.1) is 6.92 Å². The largest absolute Gasteiger partial charge is 0.389 e. The molecular weight excluding hydrogens is 410 g/mol. The van der Waals surface area contributed by atoms with E-state index in [9.17, 15) is 8.42 Å². The Morgan fingerprint density at radius 2 is 1.90 bits per heavy atom. The predicted molar refractivity (Wildman–Crippen MR) is 111 cm³/mol. The van der Waals surface area contributed by atoms with Gasteiger partial charge in [0.25, 0.3) is 0 Å². The summed E-state index contributed by atoms with van der Waals surface area (Å²) in [4.78, 5) is 12.8. The molecular formula is C19H19N5O3S2. The van der Waals surface area contributed by atoms with Gasteiger partial charge in [-0.1, -0.05) is 35.2 Å². The number of rotatable bonds is 6. The highest BCUT2D eigenvalue weighted by atomic mass is 32.2. The standard InChI is InChI=1S/C19H19N5O3S2/c1-13-18(28-19(20-13)14-7-5-4-6-8-14)12-27-24-17-11-15(29(25,26)23(2)3)9-10-16(17)21-22-24/h4-11H,12H2,1-3H3. The molecule has 0 atom stereocenters. The van der Waals surface area contributed by atoms with Gasteiger partial charge in [0.2, 0.25) is 10.0 Å². The quantitative estimate of drug-likeness (QED) is 0.468. The smallest absolute Gasteiger partial charge is 0.242 e. The molecule has 0 aliphatic heterocycles. The van der Waals surface area contributed by atoms with E-state index in [0.29, 0.717) is 11.0 Å². The van der Waals surface area contributed by atoms with Gasteiger partial charge < -0.3 is 4.84 Å². The summed E-state index contributed by atoms with van der Waals surface area (Å²) in [6.07, 6.45) is 0. The molecule has 2 heterocycles. The first kappa shape index (κ1) is 19.5. The molecule has 29 heavy (non-hydrogen) atoms. The molecule has 0 amide bonds. The maximum absolute atomic E-state index is 12.4. The van der Waals surface area contributed by atoms with Crippen LogP contribution in [-0.2, 0) is 16.6 Å². The minimum atomic E-state index is -3.56. The van der Waals surface area contributed by atoms with Crippen LogP contribution in [0.2, 0.25) is 0 Å². The van der Waals surface area contributed by atoms with E-state index in [0.717, 1.165) is 25.4 Å². The Morgan fingerprint density at radius 3 is 2.62 bits per heavy atom. The minimum Gasteiger partial charge on any atom is -0.389 e. The van der Waals surface area contributed by atoms with Gasteiger partial charge in [0, 0.05) is 19.7 Å². The highest BCUT2D eigenvalue weighted by Gasteiger charge is 2.19. The maximum Gasteiger partial charge on any atom is 0.242 e. The van der Waals surface area contributed by atoms with Crippen LogP contribution in [-0.4, -0.2) is 47.0 Å². The van der Waals surface area contributed by atoms with E-state index in [1.165, 1.54) is 31.1 Å². The zero-order valence-electron chi connectivity index (χ0n) is 16.1. The molecule has 0 unspecified atom stereocenters. The Balaban J connectivity index is 1.60. The van der Waals surface area contributed by atoms with Gasteiger partial charge in [-0.3, -0.25) is 0 Å². The van der Waals surface area contributed by atoms with E-state index in [1.807, 2.05) is 37.3 Å². The molecule has 0 saturated carbocycles. The van der Waals surface area contributed by atoms with E-state index in [2.05, 4.69) is 15.3 Å². The molecule has 8 nitrogen and oxygen atoms in total. The zero-order valence-corrected chi connectivity index (χ0v) is 17.7. The van der Waals surface area contributed by atoms with Gasteiger partial charge in [-0.15, -0.1) is 16.4 Å². The minimum absolute atomic E-state index is 0.155. The van der Waals surface area contributed by atoms with Gasteiger partial charge in [-0.25, -0.2) is 17.7 Å². The van der Waals surface area contributed by atoms with Crippen LogP contribution < -0.4 is 4.84 Å². The maximum atomic E-state index is 12.4. The third kappa shape index (κ3) is 3.74. The molecule has 0 radical (unpaired) electrons. The molecule has 4 aromatic rings. The van der Waals surface area contributed by atoms with Crippen molar-refractivity contribution >= 4 is 32.4 Å². The molecule has 0 aliphatic carbocycles. The van der Waals surface area contributed by atoms with Crippen molar-refractivity contribution in [3.63, 3.8) is 0 Å². The van der Waals surface area contributed by atoms with Crippen LogP contribution in [0.25, 0.3) is 21.6 Å². The number of thiazole rings is 1. The zero-order chi connectivity index (χ0) is 20.6. The molecule has 10 heteroatoms. The Labute approximate surface area is 172 Å². The molecule has 2 aromatic heterocycles. The number of aromatic nitrogens is 4. The topological polar surface area (TPSA) is 90.2 Å². The number of aryl methyl sites for hydroxylation is 1. The Bertz CT molecular complexity index is 1260. The summed E-state index contributed by atoms with van der Waals surface area (Å²) in [5.41, 5.74) is 2.97. The van der Waals surface area contributed by atoms with Gasteiger partial charge in [-0.2, -0.15) is 0 Å². The molecule has 2 aromatic carbocycles. The lowest BCUT2D eigenvalue weighted by atomic mass is 10.2. The van der Waals surface area contributed by atoms with E-state index in [-0.39, 0.29) is 11.5 Å². The molecule has 0 N–H and O–H groups in total. The average Bonchev–Trinajstić information content (AvgIpc) is 3.29. The molecule has 0 aliphatic rings. The highest BCUT2D eigenvalue weighted by Crippen LogP contribution is 2.28. The van der Waals surface area contributed by atoms with Crippen LogP contribution in [0.5, 0.6) is 0 Å². The van der Waals surface area contributed by atoms with Crippen molar-refractivity contribution in [1.29, 1.82) is 0 Å². The van der Waals surface area contributed by atoms with Crippen LogP contribution in [0.15, 0.2) is 53.4 Å². The van der Waals surface area contributed by atoms with Gasteiger partial charge >= 0.3 is 0 Å². The summed E-state index contributed by atoms with van der Waals surface area (Å²) in [5, 5.41) is 8.96. The third-order valence-corrected chi connectivity index (χ3v) is 7.39. The molecule has 150 valence electrons. The van der Waals surface area contributed by atoms with Crippen LogP contribution in [0.3, 0.4) is 0 Å². The monoisotopic (exact) mass is 429 g/mol. The van der Waals surface area contributed by atoms with Crippen molar-refractivity contribution in [3.05, 3.63) is 59.1 Å². The van der Waals surface area contributed by atoms with E-state index in [4.69, 9.17) is 4.84 Å². The van der Waals surface area contributed by atoms with Gasteiger partial charge in [-0.05, 0) is 30.3 Å². The fraction of sp³-hybridized carbons (Fsp3) is 0.211. The highest BCUT2D eigenvalue weighted by molar-refractivity contribution is 7.89. The van der Waals surface area contributed by atoms with Gasteiger partial charge in [0.05, 0.1) is 15.5 Å². The third-order valence-electron chi connectivity index (χ3n) is 4.40. The Morgan fingerprint density at radius 1 is 1.14 bits per heavy atom. The summed E-state index contributed by atoms with van der Waals surface area (Å²) in [6.45, 7) is 2.18. The van der Waals surface area contributed by atoms with Gasteiger partial charge in [0.1, 0.15) is 16.0 Å². The number of hydrogen-bond acceptors (Lipinski definition) is 7.